The van der Waals surface area contributed by atoms with Crippen LogP contribution in [0.25, 0.3) is 33.1 Å². The van der Waals surface area contributed by atoms with Crippen molar-refractivity contribution in [1.29, 1.82) is 0 Å². The summed E-state index contributed by atoms with van der Waals surface area (Å²) in [6, 6.07) is 17.0. The molecule has 2 heterocycles. The van der Waals surface area contributed by atoms with Gasteiger partial charge in [0.2, 0.25) is 0 Å². The van der Waals surface area contributed by atoms with Crippen molar-refractivity contribution in [2.75, 3.05) is 18.4 Å². The minimum absolute atomic E-state index is 0.617. The maximum atomic E-state index is 5.59. The van der Waals surface area contributed by atoms with Crippen molar-refractivity contribution in [2.45, 2.75) is 20.8 Å². The molecular weight excluding hydrogens is 320 g/mol. The predicted molar refractivity (Wildman–Crippen MR) is 113 cm³/mol. The molecule has 4 N–H and O–H groups in total. The number of nitrogens with zero attached hydrogens (tertiary/aromatic N) is 1. The molecule has 2 aromatic carbocycles. The fourth-order valence-corrected chi connectivity index (χ4v) is 3.18. The molecule has 2 aromatic heterocycles. The van der Waals surface area contributed by atoms with Crippen LogP contribution in [0.2, 0.25) is 0 Å². The molecule has 4 heteroatoms. The van der Waals surface area contributed by atoms with Crippen LogP contribution in [-0.4, -0.2) is 23.1 Å². The third-order valence-electron chi connectivity index (χ3n) is 4.30. The number of aromatic amines is 1. The fourth-order valence-electron chi connectivity index (χ4n) is 3.18. The molecule has 0 fully saturated rings. The Balaban J connectivity index is 0.000000948. The predicted octanol–water partition coefficient (Wildman–Crippen LogP) is 5.09. The van der Waals surface area contributed by atoms with Crippen molar-refractivity contribution in [3.8, 4) is 11.1 Å². The molecule has 134 valence electrons. The van der Waals surface area contributed by atoms with Gasteiger partial charge in [-0.3, -0.25) is 0 Å². The molecule has 4 rings (SSSR count). The number of rotatable bonds is 4. The Morgan fingerprint density at radius 1 is 1.08 bits per heavy atom. The molecule has 0 unspecified atom stereocenters. The summed E-state index contributed by atoms with van der Waals surface area (Å²) in [5.74, 6) is 0. The molecule has 0 saturated heterocycles. The summed E-state index contributed by atoms with van der Waals surface area (Å²) < 4.78 is 0. The zero-order valence-corrected chi connectivity index (χ0v) is 15.6. The van der Waals surface area contributed by atoms with Gasteiger partial charge in [-0.2, -0.15) is 0 Å². The lowest BCUT2D eigenvalue weighted by Crippen LogP contribution is -2.12. The van der Waals surface area contributed by atoms with Crippen molar-refractivity contribution >= 4 is 27.6 Å². The molecular formula is C22H26N4. The van der Waals surface area contributed by atoms with E-state index in [1.807, 2.05) is 20.0 Å². The topological polar surface area (TPSA) is 66.7 Å². The number of hydrogen-bond acceptors (Lipinski definition) is 3. The van der Waals surface area contributed by atoms with Gasteiger partial charge in [0.25, 0.3) is 0 Å². The van der Waals surface area contributed by atoms with Crippen molar-refractivity contribution in [2.24, 2.45) is 5.73 Å². The maximum absolute atomic E-state index is 5.59. The molecule has 4 nitrogen and oxygen atoms in total. The second-order valence-electron chi connectivity index (χ2n) is 6.05. The molecule has 0 aliphatic carbocycles. The van der Waals surface area contributed by atoms with Gasteiger partial charge in [-0.15, -0.1) is 0 Å². The standard InChI is InChI=1S/C20H20N4.C2H6/c1-13-5-6-18-17(11-13)19-16(7-9-23-20(19)24-18)14-3-2-4-15(12-14)22-10-8-21;1-2/h2-7,9,11-12,22H,8,10,21H2,1H3,(H,23,24);1-2H3. The molecule has 0 aliphatic heterocycles. The number of nitrogens with two attached hydrogens (primary N) is 1. The average Bonchev–Trinajstić information content (AvgIpc) is 3.06. The van der Waals surface area contributed by atoms with E-state index in [0.717, 1.165) is 23.4 Å². The summed E-state index contributed by atoms with van der Waals surface area (Å²) in [4.78, 5) is 7.94. The lowest BCUT2D eigenvalue weighted by molar-refractivity contribution is 1.02. The summed E-state index contributed by atoms with van der Waals surface area (Å²) in [7, 11) is 0. The summed E-state index contributed by atoms with van der Waals surface area (Å²) in [5.41, 5.74) is 12.3. The number of benzene rings is 2. The molecule has 26 heavy (non-hydrogen) atoms. The van der Waals surface area contributed by atoms with Crippen LogP contribution in [0, 0.1) is 6.92 Å². The van der Waals surface area contributed by atoms with Gasteiger partial charge < -0.3 is 16.0 Å². The van der Waals surface area contributed by atoms with Crippen LogP contribution in [0.4, 0.5) is 5.69 Å². The van der Waals surface area contributed by atoms with E-state index in [2.05, 4.69) is 70.7 Å². The Labute approximate surface area is 154 Å². The number of pyridine rings is 1. The van der Waals surface area contributed by atoms with Crippen LogP contribution in [0.5, 0.6) is 0 Å². The zero-order chi connectivity index (χ0) is 18.5. The van der Waals surface area contributed by atoms with Crippen molar-refractivity contribution < 1.29 is 0 Å². The summed E-state index contributed by atoms with van der Waals surface area (Å²) >= 11 is 0. The van der Waals surface area contributed by atoms with Crippen LogP contribution in [0.3, 0.4) is 0 Å². The molecule has 0 aliphatic rings. The van der Waals surface area contributed by atoms with Gasteiger partial charge in [0.1, 0.15) is 5.65 Å². The smallest absolute Gasteiger partial charge is 0.138 e. The van der Waals surface area contributed by atoms with E-state index in [1.165, 1.54) is 27.5 Å². The van der Waals surface area contributed by atoms with Crippen LogP contribution in [-0.2, 0) is 0 Å². The Morgan fingerprint density at radius 3 is 2.73 bits per heavy atom. The minimum Gasteiger partial charge on any atom is -0.384 e. The Morgan fingerprint density at radius 2 is 1.92 bits per heavy atom. The lowest BCUT2D eigenvalue weighted by Gasteiger charge is -2.09. The van der Waals surface area contributed by atoms with Crippen LogP contribution >= 0.6 is 0 Å². The molecule has 0 bridgehead atoms. The highest BCUT2D eigenvalue weighted by molar-refractivity contribution is 6.13. The quantitative estimate of drug-likeness (QED) is 0.482. The van der Waals surface area contributed by atoms with Gasteiger partial charge in [-0.25, -0.2) is 4.98 Å². The van der Waals surface area contributed by atoms with Gasteiger partial charge in [-0.1, -0.05) is 37.6 Å². The molecule has 0 saturated carbocycles. The van der Waals surface area contributed by atoms with Gasteiger partial charge >= 0.3 is 0 Å². The highest BCUT2D eigenvalue weighted by Gasteiger charge is 2.11. The monoisotopic (exact) mass is 346 g/mol. The van der Waals surface area contributed by atoms with E-state index in [-0.39, 0.29) is 0 Å². The Bertz CT molecular complexity index is 1020. The number of fused-ring (bicyclic) bond motifs is 3. The van der Waals surface area contributed by atoms with Gasteiger partial charge in [0.15, 0.2) is 0 Å². The van der Waals surface area contributed by atoms with E-state index in [1.54, 1.807) is 0 Å². The van der Waals surface area contributed by atoms with E-state index < -0.39 is 0 Å². The first kappa shape index (κ1) is 18.0. The van der Waals surface area contributed by atoms with Crippen molar-refractivity contribution in [3.63, 3.8) is 0 Å². The summed E-state index contributed by atoms with van der Waals surface area (Å²) in [6.45, 7) is 7.50. The van der Waals surface area contributed by atoms with Crippen molar-refractivity contribution in [1.82, 2.24) is 9.97 Å². The van der Waals surface area contributed by atoms with E-state index in [0.29, 0.717) is 6.54 Å². The largest absolute Gasteiger partial charge is 0.384 e. The molecule has 0 spiro atoms. The number of hydrogen-bond donors (Lipinski definition) is 3. The van der Waals surface area contributed by atoms with Gasteiger partial charge in [0.05, 0.1) is 0 Å². The molecule has 0 radical (unpaired) electrons. The third kappa shape index (κ3) is 3.41. The summed E-state index contributed by atoms with van der Waals surface area (Å²) in [5, 5.41) is 5.73. The second kappa shape index (κ2) is 8.02. The highest BCUT2D eigenvalue weighted by Crippen LogP contribution is 2.34. The van der Waals surface area contributed by atoms with E-state index in [4.69, 9.17) is 5.73 Å². The number of anilines is 1. The lowest BCUT2D eigenvalue weighted by atomic mass is 10.0. The second-order valence-corrected chi connectivity index (χ2v) is 6.05. The molecule has 0 amide bonds. The Hall–Kier alpha value is -2.85. The number of nitrogens with one attached hydrogen (secondary N) is 2. The first-order valence-electron chi connectivity index (χ1n) is 9.18. The fraction of sp³-hybridized carbons (Fsp3) is 0.227. The Kier molecular flexibility index (Phi) is 5.54. The highest BCUT2D eigenvalue weighted by atomic mass is 14.9. The van der Waals surface area contributed by atoms with E-state index >= 15 is 0 Å². The SMILES string of the molecule is CC.Cc1ccc2[nH]c3nccc(-c4cccc(NCCN)c4)c3c2c1. The first-order chi connectivity index (χ1) is 12.8. The average molecular weight is 346 g/mol. The van der Waals surface area contributed by atoms with Crippen LogP contribution in [0.15, 0.2) is 54.7 Å². The molecule has 0 atom stereocenters. The minimum atomic E-state index is 0.617. The molecule has 4 aromatic rings. The van der Waals surface area contributed by atoms with Crippen LogP contribution in [0.1, 0.15) is 19.4 Å². The number of H-pyrrole nitrogens is 1. The number of aromatic nitrogens is 2. The van der Waals surface area contributed by atoms with E-state index in [9.17, 15) is 0 Å². The van der Waals surface area contributed by atoms with Gasteiger partial charge in [0, 0.05) is 41.3 Å². The number of aryl methyl sites for hydroxylation is 1. The normalized spacial score (nSPS) is 10.6. The first-order valence-corrected chi connectivity index (χ1v) is 9.18. The van der Waals surface area contributed by atoms with Gasteiger partial charge in [-0.05, 0) is 48.4 Å². The summed E-state index contributed by atoms with van der Waals surface area (Å²) in [6.07, 6.45) is 1.86. The van der Waals surface area contributed by atoms with Crippen molar-refractivity contribution in [3.05, 3.63) is 60.3 Å². The zero-order valence-electron chi connectivity index (χ0n) is 15.6. The third-order valence-corrected chi connectivity index (χ3v) is 4.30. The van der Waals surface area contributed by atoms with Crippen LogP contribution < -0.4 is 11.1 Å². The maximum Gasteiger partial charge on any atom is 0.138 e.